The van der Waals surface area contributed by atoms with Gasteiger partial charge in [0.2, 0.25) is 5.78 Å². The molecule has 0 amide bonds. The number of ketones is 1. The number of aromatic nitrogens is 3. The summed E-state index contributed by atoms with van der Waals surface area (Å²) in [7, 11) is 0. The van der Waals surface area contributed by atoms with Crippen molar-refractivity contribution in [2.24, 2.45) is 5.92 Å². The van der Waals surface area contributed by atoms with Crippen molar-refractivity contribution in [2.45, 2.75) is 47.6 Å². The standard InChI is InChI=1S/C21H22N2O3.C10H11N/c1-13(2)10-12-23-14(3)18(15-7-4-5-9-17(15)23)20(24)19-16(21(25)26)8-6-11-22-19;1-8-7-11-6-4-3-5-10(11)9(8)2/h4-9,11,13H,10,12H2,1-3H3,(H,25,26);3-7H,1-2H3. The van der Waals surface area contributed by atoms with E-state index in [4.69, 9.17) is 0 Å². The molecule has 0 saturated carbocycles. The largest absolute Gasteiger partial charge is 0.478 e. The summed E-state index contributed by atoms with van der Waals surface area (Å²) >= 11 is 0. The van der Waals surface area contributed by atoms with E-state index in [1.807, 2.05) is 37.3 Å². The number of carbonyl (C=O) groups is 2. The first-order chi connectivity index (χ1) is 17.7. The van der Waals surface area contributed by atoms with Crippen molar-refractivity contribution in [3.8, 4) is 0 Å². The molecule has 0 aliphatic rings. The van der Waals surface area contributed by atoms with Crippen molar-refractivity contribution < 1.29 is 14.7 Å². The summed E-state index contributed by atoms with van der Waals surface area (Å²) < 4.78 is 4.30. The van der Waals surface area contributed by atoms with Crippen LogP contribution in [0, 0.1) is 26.7 Å². The lowest BCUT2D eigenvalue weighted by molar-refractivity contribution is 0.0692. The Morgan fingerprint density at radius 3 is 2.35 bits per heavy atom. The smallest absolute Gasteiger partial charge is 0.338 e. The Labute approximate surface area is 217 Å². The molecule has 0 saturated heterocycles. The molecule has 4 aromatic heterocycles. The number of nitrogens with zero attached hydrogens (tertiary/aromatic N) is 3. The first-order valence-electron chi connectivity index (χ1n) is 12.5. The molecule has 0 unspecified atom stereocenters. The van der Waals surface area contributed by atoms with E-state index in [1.54, 1.807) is 0 Å². The van der Waals surface area contributed by atoms with Crippen LogP contribution in [-0.2, 0) is 6.54 Å². The highest BCUT2D eigenvalue weighted by Crippen LogP contribution is 2.29. The topological polar surface area (TPSA) is 76.6 Å². The Morgan fingerprint density at radius 2 is 1.65 bits per heavy atom. The first-order valence-corrected chi connectivity index (χ1v) is 12.5. The highest BCUT2D eigenvalue weighted by molar-refractivity contribution is 6.19. The molecule has 1 aromatic carbocycles. The molecule has 5 aromatic rings. The van der Waals surface area contributed by atoms with Gasteiger partial charge in [-0.05, 0) is 74.6 Å². The lowest BCUT2D eigenvalue weighted by Crippen LogP contribution is -2.13. The van der Waals surface area contributed by atoms with Crippen LogP contribution in [0.1, 0.15) is 63.5 Å². The maximum Gasteiger partial charge on any atom is 0.338 e. The molecular weight excluding hydrogens is 462 g/mol. The van der Waals surface area contributed by atoms with Crippen LogP contribution >= 0.6 is 0 Å². The Kier molecular flexibility index (Phi) is 7.58. The second kappa shape index (κ2) is 10.8. The molecular formula is C31H33N3O3. The van der Waals surface area contributed by atoms with Gasteiger partial charge in [0.15, 0.2) is 0 Å². The lowest BCUT2D eigenvalue weighted by Gasteiger charge is -2.10. The van der Waals surface area contributed by atoms with Gasteiger partial charge in [0.05, 0.1) is 11.1 Å². The summed E-state index contributed by atoms with van der Waals surface area (Å²) in [6.07, 6.45) is 6.68. The van der Waals surface area contributed by atoms with Crippen LogP contribution < -0.4 is 0 Å². The van der Waals surface area contributed by atoms with Crippen molar-refractivity contribution in [1.82, 2.24) is 14.0 Å². The number of hydrogen-bond donors (Lipinski definition) is 1. The fraction of sp³-hybridized carbons (Fsp3) is 0.258. The van der Waals surface area contributed by atoms with Gasteiger partial charge in [-0.15, -0.1) is 0 Å². The lowest BCUT2D eigenvalue weighted by atomic mass is 10.0. The summed E-state index contributed by atoms with van der Waals surface area (Å²) in [5, 5.41) is 10.2. The van der Waals surface area contributed by atoms with Crippen LogP contribution in [-0.4, -0.2) is 30.8 Å². The van der Waals surface area contributed by atoms with Crippen molar-refractivity contribution >= 4 is 28.2 Å². The summed E-state index contributed by atoms with van der Waals surface area (Å²) in [5.41, 5.74) is 6.32. The zero-order valence-corrected chi connectivity index (χ0v) is 22.0. The predicted octanol–water partition coefficient (Wildman–Crippen LogP) is 6.88. The fourth-order valence-corrected chi connectivity index (χ4v) is 4.66. The molecule has 5 rings (SSSR count). The van der Waals surface area contributed by atoms with Crippen LogP contribution in [0.4, 0.5) is 0 Å². The average molecular weight is 496 g/mol. The molecule has 0 fully saturated rings. The fourth-order valence-electron chi connectivity index (χ4n) is 4.66. The zero-order valence-electron chi connectivity index (χ0n) is 22.0. The van der Waals surface area contributed by atoms with Gasteiger partial charge in [-0.25, -0.2) is 4.79 Å². The molecule has 0 aliphatic heterocycles. The van der Waals surface area contributed by atoms with Crippen LogP contribution in [0.3, 0.4) is 0 Å². The number of carboxylic acid groups (broad SMARTS) is 1. The third kappa shape index (κ3) is 5.19. The van der Waals surface area contributed by atoms with E-state index in [9.17, 15) is 14.7 Å². The SMILES string of the molecule is Cc1c(C(=O)c2ncccc2C(=O)O)c2ccccc2n1CCC(C)C.Cc1cn2ccccc2c1C. The Hall–Kier alpha value is -4.19. The number of hydrogen-bond acceptors (Lipinski definition) is 3. The Balaban J connectivity index is 0.000000241. The Bertz CT molecular complexity index is 1590. The first kappa shape index (κ1) is 25.9. The second-order valence-electron chi connectivity index (χ2n) is 9.78. The minimum absolute atomic E-state index is 0.0186. The normalized spacial score (nSPS) is 11.1. The van der Waals surface area contributed by atoms with Crippen LogP contribution in [0.15, 0.2) is 73.2 Å². The molecule has 0 spiro atoms. The molecule has 6 nitrogen and oxygen atoms in total. The third-order valence-corrected chi connectivity index (χ3v) is 6.84. The number of fused-ring (bicyclic) bond motifs is 2. The maximum absolute atomic E-state index is 13.2. The summed E-state index contributed by atoms with van der Waals surface area (Å²) in [4.78, 5) is 28.8. The monoisotopic (exact) mass is 495 g/mol. The minimum Gasteiger partial charge on any atom is -0.478 e. The molecule has 37 heavy (non-hydrogen) atoms. The number of aryl methyl sites for hydroxylation is 3. The van der Waals surface area contributed by atoms with E-state index >= 15 is 0 Å². The molecule has 0 aliphatic carbocycles. The third-order valence-electron chi connectivity index (χ3n) is 6.84. The van der Waals surface area contributed by atoms with E-state index in [0.717, 1.165) is 29.6 Å². The number of aromatic carboxylic acids is 1. The number of carbonyl (C=O) groups excluding carboxylic acids is 1. The molecule has 6 heteroatoms. The number of rotatable bonds is 6. The molecule has 1 N–H and O–H groups in total. The van der Waals surface area contributed by atoms with E-state index < -0.39 is 5.97 Å². The van der Waals surface area contributed by atoms with Gasteiger partial charge >= 0.3 is 5.97 Å². The van der Waals surface area contributed by atoms with Gasteiger partial charge in [0, 0.05) is 47.2 Å². The van der Waals surface area contributed by atoms with Gasteiger partial charge in [0.25, 0.3) is 0 Å². The van der Waals surface area contributed by atoms with E-state index in [-0.39, 0.29) is 17.0 Å². The van der Waals surface area contributed by atoms with E-state index in [1.165, 1.54) is 35.0 Å². The average Bonchev–Trinajstić information content (AvgIpc) is 3.34. The number of carboxylic acids is 1. The van der Waals surface area contributed by atoms with E-state index in [0.29, 0.717) is 11.5 Å². The molecule has 0 radical (unpaired) electrons. The van der Waals surface area contributed by atoms with Crippen LogP contribution in [0.25, 0.3) is 16.4 Å². The molecule has 0 atom stereocenters. The van der Waals surface area contributed by atoms with Crippen molar-refractivity contribution in [1.29, 1.82) is 0 Å². The van der Waals surface area contributed by atoms with E-state index in [2.05, 4.69) is 66.2 Å². The Morgan fingerprint density at radius 1 is 0.946 bits per heavy atom. The quantitative estimate of drug-likeness (QED) is 0.261. The van der Waals surface area contributed by atoms with Crippen LogP contribution in [0.2, 0.25) is 0 Å². The zero-order chi connectivity index (χ0) is 26.7. The minimum atomic E-state index is -1.15. The molecule has 190 valence electrons. The number of pyridine rings is 2. The van der Waals surface area contributed by atoms with Gasteiger partial charge in [0.1, 0.15) is 5.69 Å². The summed E-state index contributed by atoms with van der Waals surface area (Å²) in [6.45, 7) is 11.4. The summed E-state index contributed by atoms with van der Waals surface area (Å²) in [5.74, 6) is -0.952. The van der Waals surface area contributed by atoms with Crippen molar-refractivity contribution in [3.63, 3.8) is 0 Å². The molecule has 0 bridgehead atoms. The maximum atomic E-state index is 13.2. The van der Waals surface area contributed by atoms with Crippen molar-refractivity contribution in [2.75, 3.05) is 0 Å². The highest BCUT2D eigenvalue weighted by atomic mass is 16.4. The van der Waals surface area contributed by atoms with Gasteiger partial charge < -0.3 is 14.1 Å². The summed E-state index contributed by atoms with van der Waals surface area (Å²) in [6, 6.07) is 16.9. The highest BCUT2D eigenvalue weighted by Gasteiger charge is 2.25. The predicted molar refractivity (Wildman–Crippen MR) is 148 cm³/mol. The number of para-hydroxylation sites is 1. The van der Waals surface area contributed by atoms with Gasteiger partial charge in [-0.3, -0.25) is 9.78 Å². The van der Waals surface area contributed by atoms with Gasteiger partial charge in [-0.2, -0.15) is 0 Å². The second-order valence-corrected chi connectivity index (χ2v) is 9.78. The van der Waals surface area contributed by atoms with Crippen molar-refractivity contribution in [3.05, 3.63) is 107 Å². The molecule has 4 heterocycles. The van der Waals surface area contributed by atoms with Crippen LogP contribution in [0.5, 0.6) is 0 Å². The van der Waals surface area contributed by atoms with Gasteiger partial charge in [-0.1, -0.05) is 38.1 Å². The number of benzene rings is 1.